The van der Waals surface area contributed by atoms with Gasteiger partial charge in [0.1, 0.15) is 0 Å². The van der Waals surface area contributed by atoms with E-state index in [0.717, 1.165) is 29.7 Å². The largest absolute Gasteiger partial charge is 0.454 e. The van der Waals surface area contributed by atoms with E-state index in [4.69, 9.17) is 9.47 Å². The Morgan fingerprint density at radius 2 is 1.70 bits per heavy atom. The van der Waals surface area contributed by atoms with Crippen molar-refractivity contribution in [1.82, 2.24) is 0 Å². The minimum Gasteiger partial charge on any atom is -0.454 e. The topological polar surface area (TPSA) is 59.6 Å². The molecule has 5 nitrogen and oxygen atoms in total. The molecule has 0 fully saturated rings. The molecule has 0 aliphatic carbocycles. The molecule has 0 aromatic heterocycles. The third kappa shape index (κ3) is 3.23. The van der Waals surface area contributed by atoms with Crippen LogP contribution >= 0.6 is 0 Å². The van der Waals surface area contributed by atoms with Gasteiger partial charge in [0.25, 0.3) is 0 Å². The van der Waals surface area contributed by atoms with Gasteiger partial charge < -0.3 is 20.1 Å². The molecule has 2 amide bonds. The SMILES string of the molecule is CCc1cccc(CC)c1NC(=O)Nc1ccc2c(c1)OCO2. The Balaban J connectivity index is 1.75. The van der Waals surface area contributed by atoms with Gasteiger partial charge in [0.2, 0.25) is 6.79 Å². The summed E-state index contributed by atoms with van der Waals surface area (Å²) in [5.41, 5.74) is 3.82. The fourth-order valence-electron chi connectivity index (χ4n) is 2.65. The van der Waals surface area contributed by atoms with Gasteiger partial charge in [-0.2, -0.15) is 0 Å². The summed E-state index contributed by atoms with van der Waals surface area (Å²) in [7, 11) is 0. The zero-order chi connectivity index (χ0) is 16.2. The highest BCUT2D eigenvalue weighted by atomic mass is 16.7. The van der Waals surface area contributed by atoms with Crippen molar-refractivity contribution in [1.29, 1.82) is 0 Å². The highest BCUT2D eigenvalue weighted by molar-refractivity contribution is 6.01. The fourth-order valence-corrected chi connectivity index (χ4v) is 2.65. The Morgan fingerprint density at radius 3 is 2.39 bits per heavy atom. The van der Waals surface area contributed by atoms with Gasteiger partial charge in [-0.3, -0.25) is 0 Å². The Labute approximate surface area is 135 Å². The molecule has 2 aromatic rings. The van der Waals surface area contributed by atoms with E-state index in [-0.39, 0.29) is 12.8 Å². The molecule has 0 radical (unpaired) electrons. The number of aryl methyl sites for hydroxylation is 2. The molecule has 1 aliphatic rings. The maximum absolute atomic E-state index is 12.3. The van der Waals surface area contributed by atoms with Gasteiger partial charge in [0.15, 0.2) is 11.5 Å². The molecule has 1 aliphatic heterocycles. The zero-order valence-electron chi connectivity index (χ0n) is 13.3. The Hall–Kier alpha value is -2.69. The lowest BCUT2D eigenvalue weighted by Crippen LogP contribution is -2.21. The van der Waals surface area contributed by atoms with E-state index in [1.807, 2.05) is 18.2 Å². The molecule has 120 valence electrons. The van der Waals surface area contributed by atoms with E-state index in [1.165, 1.54) is 0 Å². The second-order valence-electron chi connectivity index (χ2n) is 5.31. The monoisotopic (exact) mass is 312 g/mol. The van der Waals surface area contributed by atoms with E-state index in [1.54, 1.807) is 18.2 Å². The van der Waals surface area contributed by atoms with Crippen molar-refractivity contribution in [3.8, 4) is 11.5 Å². The lowest BCUT2D eigenvalue weighted by molar-refractivity contribution is 0.174. The minimum atomic E-state index is -0.264. The molecule has 3 rings (SSSR count). The predicted molar refractivity (Wildman–Crippen MR) is 90.4 cm³/mol. The maximum atomic E-state index is 12.3. The van der Waals surface area contributed by atoms with Crippen LogP contribution in [0.1, 0.15) is 25.0 Å². The summed E-state index contributed by atoms with van der Waals surface area (Å²) in [5.74, 6) is 1.34. The number of fused-ring (bicyclic) bond motifs is 1. The van der Waals surface area contributed by atoms with Crippen LogP contribution < -0.4 is 20.1 Å². The second-order valence-corrected chi connectivity index (χ2v) is 5.31. The average molecular weight is 312 g/mol. The normalized spacial score (nSPS) is 12.1. The number of rotatable bonds is 4. The number of hydrogen-bond donors (Lipinski definition) is 2. The molecular weight excluding hydrogens is 292 g/mol. The number of hydrogen-bond acceptors (Lipinski definition) is 3. The quantitative estimate of drug-likeness (QED) is 0.890. The highest BCUT2D eigenvalue weighted by Crippen LogP contribution is 2.34. The smallest absolute Gasteiger partial charge is 0.323 e. The number of nitrogens with one attached hydrogen (secondary N) is 2. The van der Waals surface area contributed by atoms with Gasteiger partial charge in [-0.1, -0.05) is 32.0 Å². The molecule has 5 heteroatoms. The first-order valence-electron chi connectivity index (χ1n) is 7.79. The number of urea groups is 1. The van der Waals surface area contributed by atoms with Gasteiger partial charge >= 0.3 is 6.03 Å². The lowest BCUT2D eigenvalue weighted by Gasteiger charge is -2.15. The van der Waals surface area contributed by atoms with Crippen LogP contribution in [-0.2, 0) is 12.8 Å². The molecule has 0 unspecified atom stereocenters. The van der Waals surface area contributed by atoms with E-state index < -0.39 is 0 Å². The van der Waals surface area contributed by atoms with Crippen molar-refractivity contribution in [2.45, 2.75) is 26.7 Å². The third-order valence-electron chi connectivity index (χ3n) is 3.87. The number of anilines is 2. The van der Waals surface area contributed by atoms with Crippen molar-refractivity contribution >= 4 is 17.4 Å². The summed E-state index contributed by atoms with van der Waals surface area (Å²) >= 11 is 0. The van der Waals surface area contributed by atoms with Crippen LogP contribution in [0.3, 0.4) is 0 Å². The molecule has 0 bridgehead atoms. The van der Waals surface area contributed by atoms with Crippen molar-refractivity contribution in [2.75, 3.05) is 17.4 Å². The van der Waals surface area contributed by atoms with E-state index >= 15 is 0 Å². The van der Waals surface area contributed by atoms with Gasteiger partial charge in [0, 0.05) is 17.4 Å². The number of carbonyl (C=O) groups excluding carboxylic acids is 1. The van der Waals surface area contributed by atoms with E-state index in [0.29, 0.717) is 17.2 Å². The standard InChI is InChI=1S/C18H20N2O3/c1-3-12-6-5-7-13(4-2)17(12)20-18(21)19-14-8-9-15-16(10-14)23-11-22-15/h5-10H,3-4,11H2,1-2H3,(H2,19,20,21). The Morgan fingerprint density at radius 1 is 1.00 bits per heavy atom. The number of amides is 2. The number of benzene rings is 2. The molecule has 2 N–H and O–H groups in total. The second kappa shape index (κ2) is 6.60. The summed E-state index contributed by atoms with van der Waals surface area (Å²) in [5, 5.41) is 5.81. The summed E-state index contributed by atoms with van der Waals surface area (Å²) < 4.78 is 10.6. The number of carbonyl (C=O) groups is 1. The van der Waals surface area contributed by atoms with Crippen LogP contribution in [0.25, 0.3) is 0 Å². The van der Waals surface area contributed by atoms with Crippen LogP contribution in [0.5, 0.6) is 11.5 Å². The molecule has 0 spiro atoms. The van der Waals surface area contributed by atoms with Crippen molar-refractivity contribution in [3.63, 3.8) is 0 Å². The number of para-hydroxylation sites is 1. The van der Waals surface area contributed by atoms with Crippen LogP contribution in [0.2, 0.25) is 0 Å². The van der Waals surface area contributed by atoms with Gasteiger partial charge in [-0.25, -0.2) is 4.79 Å². The lowest BCUT2D eigenvalue weighted by atomic mass is 10.0. The van der Waals surface area contributed by atoms with Crippen LogP contribution in [0.15, 0.2) is 36.4 Å². The van der Waals surface area contributed by atoms with E-state index in [9.17, 15) is 4.79 Å². The maximum Gasteiger partial charge on any atom is 0.323 e. The van der Waals surface area contributed by atoms with Crippen molar-refractivity contribution in [2.24, 2.45) is 0 Å². The molecule has 1 heterocycles. The predicted octanol–water partition coefficient (Wildman–Crippen LogP) is 4.18. The highest BCUT2D eigenvalue weighted by Gasteiger charge is 2.15. The summed E-state index contributed by atoms with van der Waals surface area (Å²) in [6.07, 6.45) is 1.74. The summed E-state index contributed by atoms with van der Waals surface area (Å²) in [4.78, 5) is 12.3. The zero-order valence-corrected chi connectivity index (χ0v) is 13.3. The van der Waals surface area contributed by atoms with E-state index in [2.05, 4.69) is 24.5 Å². The van der Waals surface area contributed by atoms with Gasteiger partial charge in [0.05, 0.1) is 0 Å². The molecule has 0 saturated carbocycles. The minimum absolute atomic E-state index is 0.217. The molecule has 0 saturated heterocycles. The van der Waals surface area contributed by atoms with Crippen molar-refractivity contribution < 1.29 is 14.3 Å². The summed E-state index contributed by atoms with van der Waals surface area (Å²) in [6, 6.07) is 11.2. The first-order valence-corrected chi connectivity index (χ1v) is 7.79. The Kier molecular flexibility index (Phi) is 4.37. The average Bonchev–Trinajstić information content (AvgIpc) is 3.02. The Bertz CT molecular complexity index is 706. The van der Waals surface area contributed by atoms with Crippen LogP contribution in [0.4, 0.5) is 16.2 Å². The van der Waals surface area contributed by atoms with Gasteiger partial charge in [-0.15, -0.1) is 0 Å². The fraction of sp³-hybridized carbons (Fsp3) is 0.278. The van der Waals surface area contributed by atoms with Crippen molar-refractivity contribution in [3.05, 3.63) is 47.5 Å². The van der Waals surface area contributed by atoms with Crippen LogP contribution in [-0.4, -0.2) is 12.8 Å². The number of ether oxygens (including phenoxy) is 2. The summed E-state index contributed by atoms with van der Waals surface area (Å²) in [6.45, 7) is 4.38. The first kappa shape index (κ1) is 15.2. The third-order valence-corrected chi connectivity index (χ3v) is 3.87. The first-order chi connectivity index (χ1) is 11.2. The molecule has 2 aromatic carbocycles. The van der Waals surface area contributed by atoms with Gasteiger partial charge in [-0.05, 0) is 36.1 Å². The molecular formula is C18H20N2O3. The molecule has 23 heavy (non-hydrogen) atoms. The molecule has 0 atom stereocenters. The van der Waals surface area contributed by atoms with Crippen LogP contribution in [0, 0.1) is 0 Å².